The quantitative estimate of drug-likeness (QED) is 0.671. The van der Waals surface area contributed by atoms with Crippen molar-refractivity contribution in [1.82, 2.24) is 10.3 Å². The van der Waals surface area contributed by atoms with Gasteiger partial charge in [-0.1, -0.05) is 12.6 Å². The van der Waals surface area contributed by atoms with Crippen LogP contribution in [0.15, 0.2) is 36.9 Å². The first-order valence-electron chi connectivity index (χ1n) is 7.72. The van der Waals surface area contributed by atoms with Crippen LogP contribution in [0.25, 0.3) is 0 Å². The summed E-state index contributed by atoms with van der Waals surface area (Å²) in [5, 5.41) is 4.54. The highest BCUT2D eigenvalue weighted by Crippen LogP contribution is 2.30. The molecule has 2 heterocycles. The summed E-state index contributed by atoms with van der Waals surface area (Å²) in [6.45, 7) is 5.56. The Balaban J connectivity index is 1.80. The number of nitroso groups, excluding NO2 is 1. The highest BCUT2D eigenvalue weighted by atomic mass is 19.1. The van der Waals surface area contributed by atoms with E-state index in [1.54, 1.807) is 11.1 Å². The number of halogens is 1. The Morgan fingerprint density at radius 3 is 3.04 bits per heavy atom. The number of carbonyl (C=O) groups is 1. The second-order valence-corrected chi connectivity index (χ2v) is 5.91. The van der Waals surface area contributed by atoms with Crippen LogP contribution in [0.3, 0.4) is 0 Å². The molecule has 0 bridgehead atoms. The molecular weight excluding hydrogens is 299 g/mol. The van der Waals surface area contributed by atoms with Crippen molar-refractivity contribution in [2.24, 2.45) is 5.92 Å². The summed E-state index contributed by atoms with van der Waals surface area (Å²) >= 11 is 0. The minimum Gasteiger partial charge on any atom is -0.352 e. The molecular formula is C16H20FN4O2+. The van der Waals surface area contributed by atoms with Crippen molar-refractivity contribution >= 4 is 11.6 Å². The average Bonchev–Trinajstić information content (AvgIpc) is 2.93. The van der Waals surface area contributed by atoms with Crippen molar-refractivity contribution in [3.8, 4) is 0 Å². The van der Waals surface area contributed by atoms with Gasteiger partial charge in [-0.15, -0.1) is 5.01 Å². The monoisotopic (exact) mass is 319 g/mol. The molecule has 1 N–H and O–H groups in total. The third kappa shape index (κ3) is 3.18. The molecule has 1 aromatic rings. The summed E-state index contributed by atoms with van der Waals surface area (Å²) in [6.07, 6.45) is 1.89. The lowest BCUT2D eigenvalue weighted by atomic mass is 10.0. The fourth-order valence-corrected chi connectivity index (χ4v) is 3.28. The number of amides is 1. The van der Waals surface area contributed by atoms with Gasteiger partial charge in [0.2, 0.25) is 12.5 Å². The van der Waals surface area contributed by atoms with Crippen molar-refractivity contribution in [2.45, 2.75) is 12.6 Å². The predicted octanol–water partition coefficient (Wildman–Crippen LogP) is 1.29. The molecule has 2 aliphatic rings. The first-order chi connectivity index (χ1) is 11.1. The van der Waals surface area contributed by atoms with Gasteiger partial charge in [0.1, 0.15) is 10.7 Å². The molecule has 1 aromatic carbocycles. The van der Waals surface area contributed by atoms with Crippen molar-refractivity contribution < 1.29 is 14.1 Å². The minimum atomic E-state index is -0.298. The van der Waals surface area contributed by atoms with Gasteiger partial charge in [0.05, 0.1) is 17.9 Å². The number of anilines is 1. The van der Waals surface area contributed by atoms with E-state index < -0.39 is 0 Å². The van der Waals surface area contributed by atoms with Gasteiger partial charge < -0.3 is 10.2 Å². The second kappa shape index (κ2) is 6.36. The Morgan fingerprint density at radius 1 is 1.48 bits per heavy atom. The van der Waals surface area contributed by atoms with E-state index in [0.29, 0.717) is 32.6 Å². The van der Waals surface area contributed by atoms with Gasteiger partial charge in [0.15, 0.2) is 6.17 Å². The Bertz CT molecular complexity index is 636. The standard InChI is InChI=1S/C16H19FN4O2/c1-2-15(22)18-9-12-10-19(14-5-3-4-13(17)8-14)16-6-7-21(23)20(16)11-12/h2-5,8,12,16H,1,6-7,9-11H2/p+1. The molecule has 2 unspecified atom stereocenters. The number of hydrogen-bond donors (Lipinski definition) is 1. The molecule has 2 aliphatic heterocycles. The smallest absolute Gasteiger partial charge is 0.243 e. The molecule has 0 radical (unpaired) electrons. The molecule has 1 amide bonds. The topological polar surface area (TPSA) is 55.7 Å². The van der Waals surface area contributed by atoms with E-state index in [2.05, 4.69) is 16.8 Å². The molecule has 0 aromatic heterocycles. The Hall–Kier alpha value is -2.44. The molecule has 2 saturated heterocycles. The minimum absolute atomic E-state index is 0.0549. The van der Waals surface area contributed by atoms with Crippen LogP contribution in [0.4, 0.5) is 10.1 Å². The average molecular weight is 319 g/mol. The number of rotatable bonds is 4. The Labute approximate surface area is 134 Å². The van der Waals surface area contributed by atoms with Gasteiger partial charge in [0.25, 0.3) is 0 Å². The molecule has 3 rings (SSSR count). The number of hydrazine groups is 1. The van der Waals surface area contributed by atoms with E-state index in [1.165, 1.54) is 18.2 Å². The number of fused-ring (bicyclic) bond motifs is 1. The summed E-state index contributed by atoms with van der Waals surface area (Å²) in [7, 11) is 0. The molecule has 0 spiro atoms. The highest BCUT2D eigenvalue weighted by Gasteiger charge is 2.47. The maximum atomic E-state index is 13.6. The molecule has 7 heteroatoms. The van der Waals surface area contributed by atoms with Gasteiger partial charge in [-0.2, -0.15) is 0 Å². The molecule has 0 aliphatic carbocycles. The van der Waals surface area contributed by atoms with Crippen LogP contribution in [0.5, 0.6) is 0 Å². The third-order valence-electron chi connectivity index (χ3n) is 4.36. The zero-order valence-corrected chi connectivity index (χ0v) is 12.8. The van der Waals surface area contributed by atoms with Gasteiger partial charge in [-0.3, -0.25) is 4.79 Å². The zero-order chi connectivity index (χ0) is 16.4. The van der Waals surface area contributed by atoms with Gasteiger partial charge in [-0.25, -0.2) is 4.39 Å². The summed E-state index contributed by atoms with van der Waals surface area (Å²) < 4.78 is 13.6. The van der Waals surface area contributed by atoms with E-state index in [0.717, 1.165) is 10.6 Å². The van der Waals surface area contributed by atoms with Gasteiger partial charge >= 0.3 is 0 Å². The molecule has 6 nitrogen and oxygen atoms in total. The number of carbonyl (C=O) groups excluding carboxylic acids is 1. The lowest BCUT2D eigenvalue weighted by Crippen LogP contribution is -2.57. The maximum Gasteiger partial charge on any atom is 0.243 e. The predicted molar refractivity (Wildman–Crippen MR) is 84.0 cm³/mol. The number of nitrogens with zero attached hydrogens (tertiary/aromatic N) is 3. The van der Waals surface area contributed by atoms with Crippen LogP contribution in [0.2, 0.25) is 0 Å². The summed E-state index contributed by atoms with van der Waals surface area (Å²) in [5.41, 5.74) is 0.759. The number of nitrogens with one attached hydrogen (secondary N) is 1. The van der Waals surface area contributed by atoms with Crippen molar-refractivity contribution in [3.05, 3.63) is 47.6 Å². The lowest BCUT2D eigenvalue weighted by Gasteiger charge is -2.40. The van der Waals surface area contributed by atoms with Crippen molar-refractivity contribution in [2.75, 3.05) is 31.1 Å². The van der Waals surface area contributed by atoms with Gasteiger partial charge in [-0.05, 0) is 24.3 Å². The molecule has 122 valence electrons. The maximum absolute atomic E-state index is 13.6. The summed E-state index contributed by atoms with van der Waals surface area (Å²) in [4.78, 5) is 26.4. The molecule has 0 saturated carbocycles. The number of hydrogen-bond acceptors (Lipinski definition) is 3. The number of benzene rings is 1. The van der Waals surface area contributed by atoms with Crippen LogP contribution in [-0.4, -0.2) is 48.1 Å². The first kappa shape index (κ1) is 15.5. The Morgan fingerprint density at radius 2 is 2.30 bits per heavy atom. The normalized spacial score (nSPS) is 23.6. The van der Waals surface area contributed by atoms with Crippen molar-refractivity contribution in [1.29, 1.82) is 0 Å². The van der Waals surface area contributed by atoms with E-state index >= 15 is 0 Å². The van der Waals surface area contributed by atoms with Gasteiger partial charge in [0, 0.05) is 24.7 Å². The van der Waals surface area contributed by atoms with E-state index in [1.807, 2.05) is 6.07 Å². The zero-order valence-electron chi connectivity index (χ0n) is 12.8. The largest absolute Gasteiger partial charge is 0.352 e. The molecule has 23 heavy (non-hydrogen) atoms. The fourth-order valence-electron chi connectivity index (χ4n) is 3.28. The first-order valence-corrected chi connectivity index (χ1v) is 7.72. The van der Waals surface area contributed by atoms with Crippen LogP contribution >= 0.6 is 0 Å². The van der Waals surface area contributed by atoms with E-state index in [9.17, 15) is 14.1 Å². The van der Waals surface area contributed by atoms with Crippen LogP contribution in [-0.2, 0) is 4.79 Å². The van der Waals surface area contributed by atoms with Crippen LogP contribution < -0.4 is 10.2 Å². The van der Waals surface area contributed by atoms with Crippen LogP contribution in [0.1, 0.15) is 6.42 Å². The van der Waals surface area contributed by atoms with Crippen LogP contribution in [0, 0.1) is 16.6 Å². The summed E-state index contributed by atoms with van der Waals surface area (Å²) in [5.74, 6) is -0.453. The van der Waals surface area contributed by atoms with E-state index in [-0.39, 0.29) is 23.8 Å². The molecule has 2 fully saturated rings. The second-order valence-electron chi connectivity index (χ2n) is 5.91. The highest BCUT2D eigenvalue weighted by molar-refractivity contribution is 5.86. The SMILES string of the molecule is C=CC(=O)NCC1CN(c2cccc(F)c2)C2CC[N+](=O)N2C1. The fraction of sp³-hybridized carbons (Fsp3) is 0.438. The summed E-state index contributed by atoms with van der Waals surface area (Å²) in [6, 6.07) is 6.40. The lowest BCUT2D eigenvalue weighted by molar-refractivity contribution is -0.692. The van der Waals surface area contributed by atoms with E-state index in [4.69, 9.17) is 0 Å². The third-order valence-corrected chi connectivity index (χ3v) is 4.36. The van der Waals surface area contributed by atoms with Crippen molar-refractivity contribution in [3.63, 3.8) is 0 Å². The Kier molecular flexibility index (Phi) is 4.27. The molecule has 2 atom stereocenters.